The van der Waals surface area contributed by atoms with E-state index in [4.69, 9.17) is 9.47 Å². The lowest BCUT2D eigenvalue weighted by molar-refractivity contribution is 0.0958. The average molecular weight is 226 g/mol. The molecule has 1 aromatic carbocycles. The van der Waals surface area contributed by atoms with Crippen molar-refractivity contribution < 1.29 is 18.7 Å². The third kappa shape index (κ3) is 3.03. The Morgan fingerprint density at radius 3 is 2.75 bits per heavy atom. The number of hydrogen-bond donors (Lipinski definition) is 0. The van der Waals surface area contributed by atoms with Crippen LogP contribution in [0, 0.1) is 5.82 Å². The van der Waals surface area contributed by atoms with Gasteiger partial charge >= 0.3 is 0 Å². The Morgan fingerprint density at radius 2 is 2.12 bits per heavy atom. The molecule has 0 aliphatic carbocycles. The van der Waals surface area contributed by atoms with E-state index in [9.17, 15) is 9.18 Å². The van der Waals surface area contributed by atoms with Crippen LogP contribution in [0.2, 0.25) is 0 Å². The van der Waals surface area contributed by atoms with Crippen molar-refractivity contribution in [3.8, 4) is 5.75 Å². The molecule has 0 N–H and O–H groups in total. The maximum Gasteiger partial charge on any atom is 0.175 e. The quantitative estimate of drug-likeness (QED) is 0.552. The normalized spacial score (nSPS) is 10.2. The molecule has 16 heavy (non-hydrogen) atoms. The van der Waals surface area contributed by atoms with E-state index in [1.54, 1.807) is 13.2 Å². The molecular weight excluding hydrogens is 211 g/mol. The Morgan fingerprint density at radius 1 is 1.38 bits per heavy atom. The second-order valence-electron chi connectivity index (χ2n) is 3.34. The molecule has 0 heterocycles. The number of hydrogen-bond acceptors (Lipinski definition) is 3. The fourth-order valence-corrected chi connectivity index (χ4v) is 1.40. The van der Waals surface area contributed by atoms with Crippen LogP contribution in [0.25, 0.3) is 0 Å². The maximum atomic E-state index is 13.7. The van der Waals surface area contributed by atoms with Crippen molar-refractivity contribution in [3.05, 3.63) is 29.6 Å². The Kier molecular flexibility index (Phi) is 4.92. The van der Waals surface area contributed by atoms with Crippen molar-refractivity contribution in [1.29, 1.82) is 0 Å². The van der Waals surface area contributed by atoms with E-state index in [1.165, 1.54) is 19.2 Å². The summed E-state index contributed by atoms with van der Waals surface area (Å²) in [6.07, 6.45) is 0.865. The molecule has 0 unspecified atom stereocenters. The van der Waals surface area contributed by atoms with Crippen LogP contribution in [-0.2, 0) is 4.74 Å². The summed E-state index contributed by atoms with van der Waals surface area (Å²) in [5, 5.41) is 0. The Balaban J connectivity index is 2.75. The highest BCUT2D eigenvalue weighted by atomic mass is 19.1. The molecule has 0 aromatic heterocycles. The van der Waals surface area contributed by atoms with E-state index in [0.29, 0.717) is 13.0 Å². The average Bonchev–Trinajstić information content (AvgIpc) is 2.29. The third-order valence-corrected chi connectivity index (χ3v) is 2.24. The number of Topliss-reactive ketones (excluding diaryl/α,β-unsaturated/α-hetero) is 1. The van der Waals surface area contributed by atoms with Crippen LogP contribution in [0.3, 0.4) is 0 Å². The molecule has 0 saturated heterocycles. The van der Waals surface area contributed by atoms with Crippen molar-refractivity contribution in [2.24, 2.45) is 0 Å². The molecule has 0 fully saturated rings. The zero-order valence-corrected chi connectivity index (χ0v) is 9.46. The number of rotatable bonds is 6. The molecule has 0 saturated carbocycles. The fraction of sp³-hybridized carbons (Fsp3) is 0.417. The van der Waals surface area contributed by atoms with Gasteiger partial charge in [-0.1, -0.05) is 6.07 Å². The van der Waals surface area contributed by atoms with Gasteiger partial charge in [-0.2, -0.15) is 0 Å². The number of benzene rings is 1. The predicted molar refractivity (Wildman–Crippen MR) is 58.4 cm³/mol. The summed E-state index contributed by atoms with van der Waals surface area (Å²) < 4.78 is 23.3. The van der Waals surface area contributed by atoms with Crippen LogP contribution in [0.4, 0.5) is 4.39 Å². The van der Waals surface area contributed by atoms with Crippen molar-refractivity contribution in [1.82, 2.24) is 0 Å². The van der Waals surface area contributed by atoms with Crippen LogP contribution in [-0.4, -0.2) is 26.6 Å². The number of carbonyl (C=O) groups excluding carboxylic acids is 1. The topological polar surface area (TPSA) is 35.5 Å². The molecule has 3 nitrogen and oxygen atoms in total. The molecule has 0 amide bonds. The Bertz CT molecular complexity index is 363. The van der Waals surface area contributed by atoms with Gasteiger partial charge in [-0.05, 0) is 18.6 Å². The minimum Gasteiger partial charge on any atom is -0.494 e. The summed E-state index contributed by atoms with van der Waals surface area (Å²) in [4.78, 5) is 11.7. The highest BCUT2D eigenvalue weighted by Crippen LogP contribution is 2.21. The van der Waals surface area contributed by atoms with Gasteiger partial charge in [-0.25, -0.2) is 4.39 Å². The Hall–Kier alpha value is -1.42. The van der Waals surface area contributed by atoms with Gasteiger partial charge in [0.1, 0.15) is 0 Å². The summed E-state index contributed by atoms with van der Waals surface area (Å²) in [5.41, 5.74) is 0.0791. The van der Waals surface area contributed by atoms with Crippen molar-refractivity contribution >= 4 is 5.78 Å². The van der Waals surface area contributed by atoms with Gasteiger partial charge in [0.25, 0.3) is 0 Å². The van der Waals surface area contributed by atoms with E-state index >= 15 is 0 Å². The van der Waals surface area contributed by atoms with Gasteiger partial charge in [0.05, 0.1) is 12.7 Å². The van der Waals surface area contributed by atoms with Gasteiger partial charge in [-0.15, -0.1) is 0 Å². The molecule has 4 heteroatoms. The zero-order valence-electron chi connectivity index (χ0n) is 9.46. The molecule has 0 spiro atoms. The summed E-state index contributed by atoms with van der Waals surface area (Å²) >= 11 is 0. The predicted octanol–water partition coefficient (Wildman–Crippen LogP) is 2.44. The van der Waals surface area contributed by atoms with Crippen LogP contribution in [0.5, 0.6) is 5.75 Å². The van der Waals surface area contributed by atoms with E-state index in [-0.39, 0.29) is 23.5 Å². The second-order valence-corrected chi connectivity index (χ2v) is 3.34. The monoisotopic (exact) mass is 226 g/mol. The van der Waals surface area contributed by atoms with Gasteiger partial charge in [0, 0.05) is 20.1 Å². The van der Waals surface area contributed by atoms with Gasteiger partial charge in [0.2, 0.25) is 0 Å². The smallest absolute Gasteiger partial charge is 0.175 e. The molecule has 88 valence electrons. The molecule has 0 radical (unpaired) electrons. The van der Waals surface area contributed by atoms with E-state index in [1.807, 2.05) is 0 Å². The number of carbonyl (C=O) groups is 1. The van der Waals surface area contributed by atoms with Crippen molar-refractivity contribution in [3.63, 3.8) is 0 Å². The standard InChI is InChI=1S/C12H15FO3/c1-15-8-4-6-10(14)9-5-3-7-11(16-2)12(9)13/h3,5,7H,4,6,8H2,1-2H3. The first kappa shape index (κ1) is 12.6. The van der Waals surface area contributed by atoms with E-state index in [2.05, 4.69) is 0 Å². The lowest BCUT2D eigenvalue weighted by atomic mass is 10.1. The third-order valence-electron chi connectivity index (χ3n) is 2.24. The van der Waals surface area contributed by atoms with Gasteiger partial charge < -0.3 is 9.47 Å². The summed E-state index contributed by atoms with van der Waals surface area (Å²) in [6.45, 7) is 0.497. The highest BCUT2D eigenvalue weighted by Gasteiger charge is 2.14. The first-order valence-corrected chi connectivity index (χ1v) is 5.05. The molecule has 0 aliphatic rings. The van der Waals surface area contributed by atoms with E-state index in [0.717, 1.165) is 0 Å². The number of ether oxygens (including phenoxy) is 2. The maximum absolute atomic E-state index is 13.7. The van der Waals surface area contributed by atoms with Crippen molar-refractivity contribution in [2.75, 3.05) is 20.8 Å². The van der Waals surface area contributed by atoms with Gasteiger partial charge in [0.15, 0.2) is 17.3 Å². The molecule has 0 aliphatic heterocycles. The fourth-order valence-electron chi connectivity index (χ4n) is 1.40. The van der Waals surface area contributed by atoms with Crippen LogP contribution >= 0.6 is 0 Å². The zero-order chi connectivity index (χ0) is 12.0. The van der Waals surface area contributed by atoms with Crippen LogP contribution in [0.1, 0.15) is 23.2 Å². The Labute approximate surface area is 94.2 Å². The lowest BCUT2D eigenvalue weighted by Gasteiger charge is -2.06. The minimum absolute atomic E-state index is 0.0791. The largest absolute Gasteiger partial charge is 0.494 e. The summed E-state index contributed by atoms with van der Waals surface area (Å²) in [7, 11) is 2.94. The number of ketones is 1. The van der Waals surface area contributed by atoms with Gasteiger partial charge in [-0.3, -0.25) is 4.79 Å². The summed E-state index contributed by atoms with van der Waals surface area (Å²) in [5.74, 6) is -0.724. The first-order chi connectivity index (χ1) is 7.70. The second kappa shape index (κ2) is 6.23. The lowest BCUT2D eigenvalue weighted by Crippen LogP contribution is -2.05. The highest BCUT2D eigenvalue weighted by molar-refractivity contribution is 5.96. The minimum atomic E-state index is -0.590. The number of halogens is 1. The molecule has 1 aromatic rings. The van der Waals surface area contributed by atoms with Crippen molar-refractivity contribution in [2.45, 2.75) is 12.8 Å². The molecular formula is C12H15FO3. The summed E-state index contributed by atoms with van der Waals surface area (Å²) in [6, 6.07) is 4.56. The van der Waals surface area contributed by atoms with E-state index < -0.39 is 5.82 Å². The molecule has 0 atom stereocenters. The molecule has 1 rings (SSSR count). The SMILES string of the molecule is COCCCC(=O)c1cccc(OC)c1F. The van der Waals surface area contributed by atoms with Crippen LogP contribution < -0.4 is 4.74 Å². The first-order valence-electron chi connectivity index (χ1n) is 5.05. The van der Waals surface area contributed by atoms with Crippen LogP contribution in [0.15, 0.2) is 18.2 Å². The number of methoxy groups -OCH3 is 2. The molecule has 0 bridgehead atoms.